The number of hydrogen-bond donors (Lipinski definition) is 1. The number of carbonyl (C=O) groups excluding carboxylic acids is 1. The number of benzene rings is 1. The Balaban J connectivity index is 2.36. The standard InChI is InChI=1S/C13H18N2O3S/c1-9(2)11-5-3-4-6-12(11)15-8-10(7-13(15)16)19(14,17)18/h3-6,9-10H,7-8H2,1-2H3,(H2,14,17,18). The zero-order valence-corrected chi connectivity index (χ0v) is 11.9. The molecule has 0 spiro atoms. The molecule has 1 aliphatic heterocycles. The Hall–Kier alpha value is -1.40. The van der Waals surface area contributed by atoms with E-state index in [9.17, 15) is 13.2 Å². The second-order valence-electron chi connectivity index (χ2n) is 5.13. The van der Waals surface area contributed by atoms with Gasteiger partial charge in [-0.2, -0.15) is 0 Å². The highest BCUT2D eigenvalue weighted by Crippen LogP contribution is 2.31. The molecule has 0 aliphatic carbocycles. The topological polar surface area (TPSA) is 80.5 Å². The molecule has 1 aromatic carbocycles. The number of nitrogens with zero attached hydrogens (tertiary/aromatic N) is 1. The molecule has 1 saturated heterocycles. The maximum absolute atomic E-state index is 12.0. The second-order valence-corrected chi connectivity index (χ2v) is 6.98. The van der Waals surface area contributed by atoms with Crippen molar-refractivity contribution >= 4 is 21.6 Å². The van der Waals surface area contributed by atoms with Crippen LogP contribution in [0.1, 0.15) is 31.7 Å². The third-order valence-corrected chi connectivity index (χ3v) is 4.65. The maximum Gasteiger partial charge on any atom is 0.228 e. The van der Waals surface area contributed by atoms with Gasteiger partial charge < -0.3 is 4.90 Å². The number of nitrogens with two attached hydrogens (primary N) is 1. The van der Waals surface area contributed by atoms with Crippen molar-refractivity contribution in [1.82, 2.24) is 0 Å². The summed E-state index contributed by atoms with van der Waals surface area (Å²) in [5.41, 5.74) is 1.82. The lowest BCUT2D eigenvalue weighted by Crippen LogP contribution is -2.32. The van der Waals surface area contributed by atoms with Crippen molar-refractivity contribution in [3.63, 3.8) is 0 Å². The van der Waals surface area contributed by atoms with E-state index in [-0.39, 0.29) is 24.8 Å². The van der Waals surface area contributed by atoms with Crippen LogP contribution in [0.5, 0.6) is 0 Å². The van der Waals surface area contributed by atoms with E-state index in [2.05, 4.69) is 0 Å². The molecule has 0 saturated carbocycles. The predicted octanol–water partition coefficient (Wildman–Crippen LogP) is 1.20. The van der Waals surface area contributed by atoms with E-state index < -0.39 is 15.3 Å². The Morgan fingerprint density at radius 2 is 1.95 bits per heavy atom. The number of carbonyl (C=O) groups is 1. The quantitative estimate of drug-likeness (QED) is 0.904. The summed E-state index contributed by atoms with van der Waals surface area (Å²) in [6, 6.07) is 7.56. The summed E-state index contributed by atoms with van der Waals surface area (Å²) in [6.07, 6.45) is -0.0364. The fourth-order valence-corrected chi connectivity index (χ4v) is 3.08. The number of sulfonamides is 1. The monoisotopic (exact) mass is 282 g/mol. The molecular weight excluding hydrogens is 264 g/mol. The maximum atomic E-state index is 12.0. The van der Waals surface area contributed by atoms with Gasteiger partial charge in [0, 0.05) is 18.7 Å². The Bertz CT molecular complexity index is 596. The smallest absolute Gasteiger partial charge is 0.228 e. The van der Waals surface area contributed by atoms with Gasteiger partial charge in [0.2, 0.25) is 15.9 Å². The summed E-state index contributed by atoms with van der Waals surface area (Å²) in [4.78, 5) is 13.5. The molecule has 1 atom stereocenters. The van der Waals surface area contributed by atoms with Crippen molar-refractivity contribution in [2.24, 2.45) is 5.14 Å². The molecule has 0 aromatic heterocycles. The highest BCUT2D eigenvalue weighted by atomic mass is 32.2. The number of rotatable bonds is 3. The van der Waals surface area contributed by atoms with E-state index in [4.69, 9.17) is 5.14 Å². The molecule has 2 N–H and O–H groups in total. The molecular formula is C13H18N2O3S. The zero-order valence-electron chi connectivity index (χ0n) is 11.0. The van der Waals surface area contributed by atoms with Crippen molar-refractivity contribution in [1.29, 1.82) is 0 Å². The minimum absolute atomic E-state index is 0.0364. The summed E-state index contributed by atoms with van der Waals surface area (Å²) < 4.78 is 22.7. The highest BCUT2D eigenvalue weighted by Gasteiger charge is 2.37. The number of anilines is 1. The largest absolute Gasteiger partial charge is 0.311 e. The Morgan fingerprint density at radius 3 is 2.47 bits per heavy atom. The van der Waals surface area contributed by atoms with Crippen LogP contribution in [0.4, 0.5) is 5.69 Å². The van der Waals surface area contributed by atoms with E-state index in [0.29, 0.717) is 0 Å². The van der Waals surface area contributed by atoms with E-state index in [1.54, 1.807) is 0 Å². The van der Waals surface area contributed by atoms with E-state index in [1.807, 2.05) is 38.1 Å². The van der Waals surface area contributed by atoms with Crippen LogP contribution in [0, 0.1) is 0 Å². The van der Waals surface area contributed by atoms with Gasteiger partial charge in [0.1, 0.15) is 5.25 Å². The molecule has 0 bridgehead atoms. The molecule has 6 heteroatoms. The molecule has 2 rings (SSSR count). The minimum atomic E-state index is -3.67. The Kier molecular flexibility index (Phi) is 3.64. The van der Waals surface area contributed by atoms with Crippen molar-refractivity contribution < 1.29 is 13.2 Å². The third-order valence-electron chi connectivity index (χ3n) is 3.40. The van der Waals surface area contributed by atoms with Crippen LogP contribution in [-0.2, 0) is 14.8 Å². The van der Waals surface area contributed by atoms with E-state index in [1.165, 1.54) is 4.90 Å². The number of para-hydroxylation sites is 1. The van der Waals surface area contributed by atoms with Crippen molar-refractivity contribution in [2.75, 3.05) is 11.4 Å². The van der Waals surface area contributed by atoms with Gasteiger partial charge >= 0.3 is 0 Å². The van der Waals surface area contributed by atoms with Gasteiger partial charge in [0.25, 0.3) is 0 Å². The number of hydrogen-bond acceptors (Lipinski definition) is 3. The third kappa shape index (κ3) is 2.79. The molecule has 1 heterocycles. The van der Waals surface area contributed by atoms with Crippen LogP contribution in [0.3, 0.4) is 0 Å². The summed E-state index contributed by atoms with van der Waals surface area (Å²) in [7, 11) is -3.67. The summed E-state index contributed by atoms with van der Waals surface area (Å²) in [6.45, 7) is 4.22. The van der Waals surface area contributed by atoms with Crippen LogP contribution >= 0.6 is 0 Å². The molecule has 1 amide bonds. The van der Waals surface area contributed by atoms with Gasteiger partial charge in [-0.3, -0.25) is 4.79 Å². The number of amides is 1. The normalized spacial score (nSPS) is 20.3. The highest BCUT2D eigenvalue weighted by molar-refractivity contribution is 7.89. The fraction of sp³-hybridized carbons (Fsp3) is 0.462. The van der Waals surface area contributed by atoms with Gasteiger partial charge in [0.05, 0.1) is 0 Å². The van der Waals surface area contributed by atoms with Gasteiger partial charge in [0.15, 0.2) is 0 Å². The van der Waals surface area contributed by atoms with Crippen molar-refractivity contribution in [2.45, 2.75) is 31.4 Å². The fourth-order valence-electron chi connectivity index (χ4n) is 2.35. The van der Waals surface area contributed by atoms with Crippen LogP contribution in [0.2, 0.25) is 0 Å². The first-order valence-electron chi connectivity index (χ1n) is 6.21. The Morgan fingerprint density at radius 1 is 1.32 bits per heavy atom. The van der Waals surface area contributed by atoms with Gasteiger partial charge in [-0.25, -0.2) is 13.6 Å². The predicted molar refractivity (Wildman–Crippen MR) is 74.4 cm³/mol. The summed E-state index contributed by atoms with van der Waals surface area (Å²) in [5, 5.41) is 4.33. The molecule has 0 radical (unpaired) electrons. The molecule has 1 aromatic rings. The van der Waals surface area contributed by atoms with Gasteiger partial charge in [-0.15, -0.1) is 0 Å². The molecule has 5 nitrogen and oxygen atoms in total. The summed E-state index contributed by atoms with van der Waals surface area (Å²) in [5.74, 6) is 0.0738. The molecule has 1 aliphatic rings. The minimum Gasteiger partial charge on any atom is -0.311 e. The van der Waals surface area contributed by atoms with Crippen LogP contribution in [-0.4, -0.2) is 26.1 Å². The molecule has 1 fully saturated rings. The molecule has 19 heavy (non-hydrogen) atoms. The first-order valence-corrected chi connectivity index (χ1v) is 7.82. The molecule has 1 unspecified atom stereocenters. The van der Waals surface area contributed by atoms with Crippen LogP contribution in [0.25, 0.3) is 0 Å². The van der Waals surface area contributed by atoms with Crippen molar-refractivity contribution in [3.05, 3.63) is 29.8 Å². The van der Waals surface area contributed by atoms with E-state index >= 15 is 0 Å². The van der Waals surface area contributed by atoms with Gasteiger partial charge in [-0.05, 0) is 17.5 Å². The lowest BCUT2D eigenvalue weighted by molar-refractivity contribution is -0.117. The van der Waals surface area contributed by atoms with Gasteiger partial charge in [-0.1, -0.05) is 32.0 Å². The lowest BCUT2D eigenvalue weighted by Gasteiger charge is -2.21. The zero-order chi connectivity index (χ0) is 14.2. The average Bonchev–Trinajstić information content (AvgIpc) is 2.71. The second kappa shape index (κ2) is 4.94. The lowest BCUT2D eigenvalue weighted by atomic mass is 10.0. The SMILES string of the molecule is CC(C)c1ccccc1N1CC(S(N)(=O)=O)CC1=O. The molecule has 104 valence electrons. The Labute approximate surface area is 113 Å². The van der Waals surface area contributed by atoms with E-state index in [0.717, 1.165) is 11.3 Å². The number of primary sulfonamides is 1. The van der Waals surface area contributed by atoms with Crippen molar-refractivity contribution in [3.8, 4) is 0 Å². The average molecular weight is 282 g/mol. The van der Waals surface area contributed by atoms with Crippen LogP contribution in [0.15, 0.2) is 24.3 Å². The first-order chi connectivity index (χ1) is 8.80. The first kappa shape index (κ1) is 14.0. The van der Waals surface area contributed by atoms with Crippen LogP contribution < -0.4 is 10.0 Å². The summed E-state index contributed by atoms with van der Waals surface area (Å²) >= 11 is 0.